The van der Waals surface area contributed by atoms with E-state index in [1.54, 1.807) is 0 Å². The molecule has 0 aromatic rings. The summed E-state index contributed by atoms with van der Waals surface area (Å²) in [6, 6.07) is 0.710. The van der Waals surface area contributed by atoms with E-state index in [-0.39, 0.29) is 0 Å². The van der Waals surface area contributed by atoms with Crippen molar-refractivity contribution in [3.63, 3.8) is 0 Å². The first-order valence-electron chi connectivity index (χ1n) is 7.62. The minimum Gasteiger partial charge on any atom is -0.378 e. The Kier molecular flexibility index (Phi) is 7.87. The number of ether oxygens (including phenoxy) is 1. The van der Waals surface area contributed by atoms with E-state index >= 15 is 0 Å². The van der Waals surface area contributed by atoms with Crippen LogP contribution in [-0.2, 0) is 4.74 Å². The van der Waals surface area contributed by atoms with Gasteiger partial charge < -0.3 is 10.1 Å². The fourth-order valence-electron chi connectivity index (χ4n) is 2.64. The number of hydrogen-bond donors (Lipinski definition) is 1. The van der Waals surface area contributed by atoms with Crippen molar-refractivity contribution in [2.24, 2.45) is 5.92 Å². The average molecular weight is 241 g/mol. The zero-order chi connectivity index (χ0) is 12.5. The second-order valence-electron chi connectivity index (χ2n) is 5.51. The van der Waals surface area contributed by atoms with Gasteiger partial charge in [0, 0.05) is 12.6 Å². The summed E-state index contributed by atoms with van der Waals surface area (Å²) in [5.74, 6) is 0.797. The van der Waals surface area contributed by atoms with Crippen LogP contribution in [0.3, 0.4) is 0 Å². The predicted molar refractivity (Wildman–Crippen MR) is 74.4 cm³/mol. The molecule has 1 aliphatic rings. The van der Waals surface area contributed by atoms with E-state index < -0.39 is 0 Å². The molecule has 1 aliphatic heterocycles. The maximum atomic E-state index is 5.68. The predicted octanol–water partition coefficient (Wildman–Crippen LogP) is 3.75. The SMILES string of the molecule is CCCNC(CCCC1CCCO1)C(C)CC. The maximum Gasteiger partial charge on any atom is 0.0576 e. The third-order valence-corrected chi connectivity index (χ3v) is 4.05. The fourth-order valence-corrected chi connectivity index (χ4v) is 2.64. The first-order valence-corrected chi connectivity index (χ1v) is 7.62. The molecule has 1 heterocycles. The van der Waals surface area contributed by atoms with E-state index in [4.69, 9.17) is 4.74 Å². The van der Waals surface area contributed by atoms with E-state index in [0.717, 1.165) is 19.1 Å². The zero-order valence-electron chi connectivity index (χ0n) is 12.0. The van der Waals surface area contributed by atoms with Crippen molar-refractivity contribution in [3.8, 4) is 0 Å². The van der Waals surface area contributed by atoms with Crippen LogP contribution in [-0.4, -0.2) is 25.3 Å². The smallest absolute Gasteiger partial charge is 0.0576 e. The highest BCUT2D eigenvalue weighted by atomic mass is 16.5. The number of hydrogen-bond acceptors (Lipinski definition) is 2. The molecular weight excluding hydrogens is 210 g/mol. The number of nitrogens with one attached hydrogen (secondary N) is 1. The lowest BCUT2D eigenvalue weighted by molar-refractivity contribution is 0.100. The molecule has 1 N–H and O–H groups in total. The van der Waals surface area contributed by atoms with Crippen LogP contribution in [0, 0.1) is 5.92 Å². The molecule has 17 heavy (non-hydrogen) atoms. The van der Waals surface area contributed by atoms with Crippen LogP contribution in [0.15, 0.2) is 0 Å². The Balaban J connectivity index is 2.17. The van der Waals surface area contributed by atoms with E-state index in [2.05, 4.69) is 26.1 Å². The molecule has 2 nitrogen and oxygen atoms in total. The highest BCUT2D eigenvalue weighted by Crippen LogP contribution is 2.20. The largest absolute Gasteiger partial charge is 0.378 e. The quantitative estimate of drug-likeness (QED) is 0.664. The van der Waals surface area contributed by atoms with Gasteiger partial charge in [-0.3, -0.25) is 0 Å². The summed E-state index contributed by atoms with van der Waals surface area (Å²) < 4.78 is 5.68. The Labute approximate surface area is 108 Å². The lowest BCUT2D eigenvalue weighted by atomic mass is 9.93. The Bertz CT molecular complexity index is 178. The lowest BCUT2D eigenvalue weighted by Crippen LogP contribution is -2.35. The van der Waals surface area contributed by atoms with Crippen molar-refractivity contribution in [2.45, 2.75) is 77.9 Å². The molecule has 1 saturated heterocycles. The molecule has 102 valence electrons. The summed E-state index contributed by atoms with van der Waals surface area (Å²) >= 11 is 0. The molecule has 1 fully saturated rings. The molecule has 3 unspecified atom stereocenters. The molecule has 0 saturated carbocycles. The second-order valence-corrected chi connectivity index (χ2v) is 5.51. The van der Waals surface area contributed by atoms with Crippen molar-refractivity contribution in [1.29, 1.82) is 0 Å². The van der Waals surface area contributed by atoms with Gasteiger partial charge in [0.1, 0.15) is 0 Å². The summed E-state index contributed by atoms with van der Waals surface area (Å²) in [5.41, 5.74) is 0. The molecule has 2 heteroatoms. The summed E-state index contributed by atoms with van der Waals surface area (Å²) in [7, 11) is 0. The van der Waals surface area contributed by atoms with Crippen LogP contribution in [0.1, 0.15) is 65.7 Å². The van der Waals surface area contributed by atoms with Crippen LogP contribution < -0.4 is 5.32 Å². The Hall–Kier alpha value is -0.0800. The molecule has 0 bridgehead atoms. The number of rotatable bonds is 9. The highest BCUT2D eigenvalue weighted by Gasteiger charge is 2.18. The molecule has 1 rings (SSSR count). The molecule has 0 aromatic carbocycles. The monoisotopic (exact) mass is 241 g/mol. The van der Waals surface area contributed by atoms with Gasteiger partial charge in [0.05, 0.1) is 6.10 Å². The van der Waals surface area contributed by atoms with Crippen LogP contribution in [0.2, 0.25) is 0 Å². The molecule has 0 spiro atoms. The van der Waals surface area contributed by atoms with E-state index in [1.165, 1.54) is 44.9 Å². The van der Waals surface area contributed by atoms with E-state index in [9.17, 15) is 0 Å². The van der Waals surface area contributed by atoms with Gasteiger partial charge in [-0.15, -0.1) is 0 Å². The molecule has 0 aliphatic carbocycles. The first-order chi connectivity index (χ1) is 8.27. The van der Waals surface area contributed by atoms with E-state index in [1.807, 2.05) is 0 Å². The van der Waals surface area contributed by atoms with Crippen molar-refractivity contribution >= 4 is 0 Å². The molecular formula is C15H31NO. The van der Waals surface area contributed by atoms with Crippen LogP contribution in [0.5, 0.6) is 0 Å². The summed E-state index contributed by atoms with van der Waals surface area (Å²) in [4.78, 5) is 0. The average Bonchev–Trinajstić information content (AvgIpc) is 2.85. The maximum absolute atomic E-state index is 5.68. The first kappa shape index (κ1) is 15.0. The van der Waals surface area contributed by atoms with Gasteiger partial charge in [0.25, 0.3) is 0 Å². The van der Waals surface area contributed by atoms with Crippen molar-refractivity contribution in [3.05, 3.63) is 0 Å². The van der Waals surface area contributed by atoms with Gasteiger partial charge in [0.2, 0.25) is 0 Å². The van der Waals surface area contributed by atoms with Gasteiger partial charge in [-0.1, -0.05) is 27.2 Å². The fraction of sp³-hybridized carbons (Fsp3) is 1.00. The lowest BCUT2D eigenvalue weighted by Gasteiger charge is -2.24. The second kappa shape index (κ2) is 8.93. The van der Waals surface area contributed by atoms with Crippen LogP contribution in [0.4, 0.5) is 0 Å². The Morgan fingerprint density at radius 3 is 2.76 bits per heavy atom. The minimum absolute atomic E-state index is 0.568. The molecule has 0 aromatic heterocycles. The molecule has 0 amide bonds. The van der Waals surface area contributed by atoms with Gasteiger partial charge in [-0.25, -0.2) is 0 Å². The van der Waals surface area contributed by atoms with E-state index in [0.29, 0.717) is 12.1 Å². The van der Waals surface area contributed by atoms with Gasteiger partial charge in [-0.2, -0.15) is 0 Å². The van der Waals surface area contributed by atoms with Gasteiger partial charge in [-0.05, 0) is 51.0 Å². The minimum atomic E-state index is 0.568. The third-order valence-electron chi connectivity index (χ3n) is 4.05. The summed E-state index contributed by atoms with van der Waals surface area (Å²) in [5, 5.41) is 3.70. The van der Waals surface area contributed by atoms with Gasteiger partial charge in [0.15, 0.2) is 0 Å². The highest BCUT2D eigenvalue weighted by molar-refractivity contribution is 4.74. The van der Waals surface area contributed by atoms with Crippen molar-refractivity contribution < 1.29 is 4.74 Å². The Morgan fingerprint density at radius 2 is 2.18 bits per heavy atom. The summed E-state index contributed by atoms with van der Waals surface area (Å²) in [6.45, 7) is 9.07. The molecule has 3 atom stereocenters. The van der Waals surface area contributed by atoms with Crippen molar-refractivity contribution in [2.75, 3.05) is 13.2 Å². The third kappa shape index (κ3) is 5.87. The van der Waals surface area contributed by atoms with Gasteiger partial charge >= 0.3 is 0 Å². The zero-order valence-corrected chi connectivity index (χ0v) is 12.0. The van der Waals surface area contributed by atoms with Crippen molar-refractivity contribution in [1.82, 2.24) is 5.32 Å². The normalized spacial score (nSPS) is 23.8. The Morgan fingerprint density at radius 1 is 1.35 bits per heavy atom. The molecule has 0 radical (unpaired) electrons. The van der Waals surface area contributed by atoms with Crippen LogP contribution in [0.25, 0.3) is 0 Å². The van der Waals surface area contributed by atoms with Crippen LogP contribution >= 0.6 is 0 Å². The topological polar surface area (TPSA) is 21.3 Å². The summed E-state index contributed by atoms with van der Waals surface area (Å²) in [6.07, 6.45) is 9.54. The standard InChI is InChI=1S/C15H31NO/c1-4-11-16-15(13(3)5-2)10-6-8-14-9-7-12-17-14/h13-16H,4-12H2,1-3H3.